The van der Waals surface area contributed by atoms with E-state index in [4.69, 9.17) is 14.2 Å². The highest BCUT2D eigenvalue weighted by molar-refractivity contribution is 6.00. The van der Waals surface area contributed by atoms with Crippen molar-refractivity contribution >= 4 is 29.0 Å². The number of anilines is 4. The Morgan fingerprint density at radius 1 is 1.11 bits per heavy atom. The molecule has 2 aromatic carbocycles. The summed E-state index contributed by atoms with van der Waals surface area (Å²) >= 11 is 0. The summed E-state index contributed by atoms with van der Waals surface area (Å²) in [6, 6.07) is 9.47. The molecule has 3 N–H and O–H groups in total. The molecule has 38 heavy (non-hydrogen) atoms. The molecular weight excluding hydrogens is 503 g/mol. The summed E-state index contributed by atoms with van der Waals surface area (Å²) in [4.78, 5) is 20.5. The number of rotatable bonds is 2. The molecule has 4 aliphatic rings. The Balaban J connectivity index is 1.78. The van der Waals surface area contributed by atoms with Gasteiger partial charge < -0.3 is 30.2 Å². The van der Waals surface area contributed by atoms with E-state index in [0.29, 0.717) is 48.8 Å². The molecule has 12 heteroatoms. The number of amides is 1. The van der Waals surface area contributed by atoms with Crippen LogP contribution in [0.4, 0.5) is 36.3 Å². The maximum absolute atomic E-state index is 13.8. The second-order valence-electron chi connectivity index (χ2n) is 8.13. The fourth-order valence-corrected chi connectivity index (χ4v) is 3.63. The lowest BCUT2D eigenvalue weighted by Crippen LogP contribution is -2.20. The molecule has 0 fully saturated rings. The van der Waals surface area contributed by atoms with Crippen molar-refractivity contribution in [2.75, 3.05) is 38.0 Å². The highest BCUT2D eigenvalue weighted by Gasteiger charge is 2.35. The first-order valence-electron chi connectivity index (χ1n) is 11.7. The summed E-state index contributed by atoms with van der Waals surface area (Å²) in [6.45, 7) is 0.692. The van der Waals surface area contributed by atoms with Crippen LogP contribution in [0.1, 0.15) is 28.8 Å². The second kappa shape index (κ2) is 11.7. The van der Waals surface area contributed by atoms with Gasteiger partial charge in [0.1, 0.15) is 23.7 Å². The largest absolute Gasteiger partial charge is 0.494 e. The van der Waals surface area contributed by atoms with Crippen molar-refractivity contribution in [1.82, 2.24) is 15.3 Å². The molecule has 5 heterocycles. The van der Waals surface area contributed by atoms with Crippen molar-refractivity contribution in [3.8, 4) is 17.2 Å². The minimum atomic E-state index is -4.75. The average Bonchev–Trinajstić information content (AvgIpc) is 2.90. The van der Waals surface area contributed by atoms with Gasteiger partial charge in [-0.15, -0.1) is 0 Å². The molecule has 200 valence electrons. The normalized spacial score (nSPS) is 14.7. The Hall–Kier alpha value is -4.48. The second-order valence-corrected chi connectivity index (χ2v) is 8.13. The summed E-state index contributed by atoms with van der Waals surface area (Å²) in [7, 11) is 2.91. The third-order valence-corrected chi connectivity index (χ3v) is 5.52. The minimum Gasteiger partial charge on any atom is -0.494 e. The van der Waals surface area contributed by atoms with Gasteiger partial charge >= 0.3 is 6.18 Å². The van der Waals surface area contributed by atoms with Crippen LogP contribution in [-0.4, -0.2) is 43.2 Å². The lowest BCUT2D eigenvalue weighted by atomic mass is 10.1. The molecule has 3 aromatic rings. The number of nitrogens with zero attached hydrogens (tertiary/aromatic N) is 2. The van der Waals surface area contributed by atoms with E-state index in [-0.39, 0.29) is 17.2 Å². The van der Waals surface area contributed by atoms with Crippen LogP contribution in [0.3, 0.4) is 0 Å². The van der Waals surface area contributed by atoms with Gasteiger partial charge in [0.15, 0.2) is 11.5 Å². The number of hydrogen-bond donors (Lipinski definition) is 3. The number of benzene rings is 2. The first-order valence-corrected chi connectivity index (χ1v) is 11.7. The van der Waals surface area contributed by atoms with E-state index in [0.717, 1.165) is 6.42 Å². The van der Waals surface area contributed by atoms with Gasteiger partial charge in [0, 0.05) is 25.0 Å². The summed E-state index contributed by atoms with van der Waals surface area (Å²) in [5, 5.41) is 8.04. The third kappa shape index (κ3) is 6.44. The molecule has 9 nitrogen and oxygen atoms in total. The molecule has 0 saturated carbocycles. The highest BCUT2D eigenvalue weighted by Crippen LogP contribution is 2.37. The van der Waals surface area contributed by atoms with Crippen LogP contribution >= 0.6 is 0 Å². The Morgan fingerprint density at radius 2 is 1.95 bits per heavy atom. The molecule has 0 unspecified atom stereocenters. The number of carbonyl (C=O) groups is 1. The molecule has 6 bridgehead atoms. The van der Waals surface area contributed by atoms with E-state index in [1.807, 2.05) is 12.2 Å². The SMILES string of the molecule is CNC(=O)c1cc2ccc1Nc1nc(ncc1C(F)(F)F)Nc1ccc(c(OC)c1)OC/C=C\CCCO2. The van der Waals surface area contributed by atoms with Crippen molar-refractivity contribution in [2.45, 2.75) is 19.0 Å². The standard InChI is InChI=1S/C26H26F3N5O4/c1-30-24(35)18-14-17-8-9-20(18)33-23-19(26(27,28)29)15-31-25(34-23)32-16-7-10-21(22(13-16)36-2)38-12-6-4-3-5-11-37-17/h4,6-10,13-15H,3,5,11-12H2,1-2H3,(H,30,35)(H2,31,32,33,34)/b6-4-. The predicted molar refractivity (Wildman–Crippen MR) is 136 cm³/mol. The lowest BCUT2D eigenvalue weighted by Gasteiger charge is -2.17. The van der Waals surface area contributed by atoms with Gasteiger partial charge in [0.25, 0.3) is 5.91 Å². The van der Waals surface area contributed by atoms with Crippen LogP contribution in [0.5, 0.6) is 17.2 Å². The molecule has 0 radical (unpaired) electrons. The van der Waals surface area contributed by atoms with Crippen molar-refractivity contribution in [3.63, 3.8) is 0 Å². The van der Waals surface area contributed by atoms with Gasteiger partial charge in [0.05, 0.1) is 25.0 Å². The van der Waals surface area contributed by atoms with E-state index in [1.165, 1.54) is 26.3 Å². The van der Waals surface area contributed by atoms with Gasteiger partial charge in [-0.1, -0.05) is 12.2 Å². The number of nitrogens with one attached hydrogen (secondary N) is 3. The fraction of sp³-hybridized carbons (Fsp3) is 0.269. The Kier molecular flexibility index (Phi) is 8.19. The van der Waals surface area contributed by atoms with Gasteiger partial charge in [-0.25, -0.2) is 4.98 Å². The zero-order valence-corrected chi connectivity index (χ0v) is 20.7. The summed E-state index contributed by atoms with van der Waals surface area (Å²) in [6.07, 6.45) is 1.22. The minimum absolute atomic E-state index is 0.0921. The number of hydrogen-bond acceptors (Lipinski definition) is 8. The molecule has 7 rings (SSSR count). The third-order valence-electron chi connectivity index (χ3n) is 5.52. The van der Waals surface area contributed by atoms with E-state index in [9.17, 15) is 18.0 Å². The molecular formula is C26H26F3N5O4. The number of allylic oxidation sites excluding steroid dienone is 1. The fourth-order valence-electron chi connectivity index (χ4n) is 3.63. The first-order chi connectivity index (χ1) is 18.3. The molecule has 1 aromatic heterocycles. The molecule has 1 amide bonds. The number of aromatic nitrogens is 2. The predicted octanol–water partition coefficient (Wildman–Crippen LogP) is 5.46. The van der Waals surface area contributed by atoms with E-state index in [1.54, 1.807) is 24.3 Å². The highest BCUT2D eigenvalue weighted by atomic mass is 19.4. The lowest BCUT2D eigenvalue weighted by molar-refractivity contribution is -0.137. The number of methoxy groups -OCH3 is 1. The van der Waals surface area contributed by atoms with Crippen LogP contribution in [0, 0.1) is 0 Å². The Labute approximate surface area is 217 Å². The zero-order chi connectivity index (χ0) is 27.1. The average molecular weight is 530 g/mol. The van der Waals surface area contributed by atoms with Gasteiger partial charge in [0.2, 0.25) is 5.95 Å². The molecule has 0 spiro atoms. The number of carbonyl (C=O) groups excluding carboxylic acids is 1. The smallest absolute Gasteiger partial charge is 0.421 e. The monoisotopic (exact) mass is 529 g/mol. The quantitative estimate of drug-likeness (QED) is 0.376. The zero-order valence-electron chi connectivity index (χ0n) is 20.7. The van der Waals surface area contributed by atoms with Crippen LogP contribution in [0.25, 0.3) is 0 Å². The van der Waals surface area contributed by atoms with E-state index in [2.05, 4.69) is 25.9 Å². The number of halogens is 3. The van der Waals surface area contributed by atoms with Gasteiger partial charge in [-0.3, -0.25) is 4.79 Å². The first kappa shape index (κ1) is 26.6. The maximum atomic E-state index is 13.8. The topological polar surface area (TPSA) is 107 Å². The van der Waals surface area contributed by atoms with Crippen molar-refractivity contribution < 1.29 is 32.2 Å². The number of ether oxygens (including phenoxy) is 3. The summed E-state index contributed by atoms with van der Waals surface area (Å²) in [5.74, 6) is 0.178. The molecule has 0 atom stereocenters. The molecule has 0 aliphatic carbocycles. The van der Waals surface area contributed by atoms with Crippen LogP contribution in [0.2, 0.25) is 0 Å². The van der Waals surface area contributed by atoms with Crippen molar-refractivity contribution in [1.29, 1.82) is 0 Å². The number of alkyl halides is 3. The van der Waals surface area contributed by atoms with Crippen LogP contribution < -0.4 is 30.2 Å². The van der Waals surface area contributed by atoms with E-state index < -0.39 is 23.5 Å². The van der Waals surface area contributed by atoms with Crippen LogP contribution in [0.15, 0.2) is 54.7 Å². The molecule has 4 aliphatic heterocycles. The van der Waals surface area contributed by atoms with E-state index >= 15 is 0 Å². The summed E-state index contributed by atoms with van der Waals surface area (Å²) in [5.41, 5.74) is -0.425. The van der Waals surface area contributed by atoms with Crippen molar-refractivity contribution in [2.24, 2.45) is 0 Å². The summed E-state index contributed by atoms with van der Waals surface area (Å²) < 4.78 is 58.4. The Morgan fingerprint density at radius 3 is 2.71 bits per heavy atom. The Bertz CT molecular complexity index is 1330. The van der Waals surface area contributed by atoms with Gasteiger partial charge in [-0.05, 0) is 43.2 Å². The van der Waals surface area contributed by atoms with Crippen LogP contribution in [-0.2, 0) is 6.18 Å². The van der Waals surface area contributed by atoms with Gasteiger partial charge in [-0.2, -0.15) is 18.2 Å². The maximum Gasteiger partial charge on any atom is 0.421 e. The van der Waals surface area contributed by atoms with Crippen molar-refractivity contribution in [3.05, 3.63) is 65.9 Å². The molecule has 0 saturated heterocycles.